The number of hydrogen-bond acceptors (Lipinski definition) is 4. The van der Waals surface area contributed by atoms with Gasteiger partial charge in [-0.05, 0) is 73.1 Å². The maximum Gasteiger partial charge on any atom is 0.156 e. The number of ketones is 1. The van der Waals surface area contributed by atoms with Crippen molar-refractivity contribution in [3.63, 3.8) is 0 Å². The monoisotopic (exact) mass is 434 g/mol. The molecule has 0 unspecified atom stereocenters. The Bertz CT molecular complexity index is 987. The van der Waals surface area contributed by atoms with Crippen LogP contribution in [0, 0.1) is 17.3 Å². The van der Waals surface area contributed by atoms with Crippen LogP contribution in [0.4, 0.5) is 0 Å². The lowest BCUT2D eigenvalue weighted by molar-refractivity contribution is -0.149. The van der Waals surface area contributed by atoms with Crippen LogP contribution < -0.4 is 0 Å². The van der Waals surface area contributed by atoms with E-state index in [9.17, 15) is 9.59 Å². The van der Waals surface area contributed by atoms with Crippen LogP contribution in [0.2, 0.25) is 0 Å². The third kappa shape index (κ3) is 3.10. The quantitative estimate of drug-likeness (QED) is 0.580. The van der Waals surface area contributed by atoms with E-state index in [1.807, 2.05) is 25.3 Å². The van der Waals surface area contributed by atoms with Crippen molar-refractivity contribution < 1.29 is 19.1 Å². The van der Waals surface area contributed by atoms with Gasteiger partial charge in [-0.3, -0.25) is 9.59 Å². The molecule has 4 aliphatic rings. The first kappa shape index (κ1) is 21.8. The fraction of sp³-hybridized carbons (Fsp3) is 0.571. The number of allylic oxidation sites excluding steroid dienone is 4. The fourth-order valence-electron chi connectivity index (χ4n) is 7.71. The Balaban J connectivity index is 1.67. The number of fused-ring (bicyclic) bond motifs is 4. The van der Waals surface area contributed by atoms with Crippen molar-refractivity contribution in [2.75, 3.05) is 20.8 Å². The summed E-state index contributed by atoms with van der Waals surface area (Å²) in [4.78, 5) is 23.4. The van der Waals surface area contributed by atoms with Gasteiger partial charge in [-0.15, -0.1) is 0 Å². The first-order valence-electron chi connectivity index (χ1n) is 12.0. The summed E-state index contributed by atoms with van der Waals surface area (Å²) >= 11 is 0. The molecule has 0 aromatic heterocycles. The highest BCUT2D eigenvalue weighted by atomic mass is 16.5. The van der Waals surface area contributed by atoms with Crippen molar-refractivity contribution >= 4 is 12.1 Å². The molecule has 0 radical (unpaired) electrons. The number of rotatable bonds is 5. The zero-order valence-corrected chi connectivity index (χ0v) is 19.5. The number of ether oxygens (including phenoxy) is 2. The first-order chi connectivity index (χ1) is 15.5. The topological polar surface area (TPSA) is 52.6 Å². The summed E-state index contributed by atoms with van der Waals surface area (Å²) in [5.41, 5.74) is 6.01. The van der Waals surface area contributed by atoms with Gasteiger partial charge in [-0.25, -0.2) is 0 Å². The van der Waals surface area contributed by atoms with E-state index in [1.54, 1.807) is 12.7 Å². The third-order valence-electron chi connectivity index (χ3n) is 9.27. The van der Waals surface area contributed by atoms with Crippen molar-refractivity contribution in [3.8, 4) is 0 Å². The lowest BCUT2D eigenvalue weighted by atomic mass is 9.51. The number of carbonyl (C=O) groups is 2. The smallest absolute Gasteiger partial charge is 0.156 e. The largest absolute Gasteiger partial charge is 0.382 e. The van der Waals surface area contributed by atoms with E-state index in [-0.39, 0.29) is 22.7 Å². The molecule has 0 saturated heterocycles. The summed E-state index contributed by atoms with van der Waals surface area (Å²) in [6.45, 7) is 3.04. The van der Waals surface area contributed by atoms with Crippen LogP contribution in [0.15, 0.2) is 47.1 Å². The fourth-order valence-corrected chi connectivity index (χ4v) is 7.71. The van der Waals surface area contributed by atoms with Crippen molar-refractivity contribution in [3.05, 3.63) is 58.2 Å². The molecule has 2 fully saturated rings. The van der Waals surface area contributed by atoms with E-state index in [4.69, 9.17) is 9.47 Å². The highest BCUT2D eigenvalue weighted by Crippen LogP contribution is 2.67. The van der Waals surface area contributed by atoms with Gasteiger partial charge in [0.2, 0.25) is 0 Å². The summed E-state index contributed by atoms with van der Waals surface area (Å²) < 4.78 is 12.0. The zero-order chi connectivity index (χ0) is 22.5. The molecule has 0 spiro atoms. The molecule has 0 bridgehead atoms. The average Bonchev–Trinajstić information content (AvgIpc) is 3.10. The van der Waals surface area contributed by atoms with Gasteiger partial charge < -0.3 is 9.47 Å². The van der Waals surface area contributed by atoms with Crippen LogP contribution in [0.5, 0.6) is 0 Å². The summed E-state index contributed by atoms with van der Waals surface area (Å²) in [6.07, 6.45) is 9.62. The van der Waals surface area contributed by atoms with Gasteiger partial charge in [0.15, 0.2) is 5.78 Å². The normalized spacial score (nSPS) is 36.3. The van der Waals surface area contributed by atoms with Gasteiger partial charge in [0.05, 0.1) is 12.2 Å². The molecule has 0 N–H and O–H groups in total. The average molecular weight is 435 g/mol. The molecule has 4 nitrogen and oxygen atoms in total. The Hall–Kier alpha value is -2.04. The second kappa shape index (κ2) is 8.07. The minimum absolute atomic E-state index is 0.00614. The molecule has 2 saturated carbocycles. The van der Waals surface area contributed by atoms with Crippen LogP contribution in [0.25, 0.3) is 0 Å². The van der Waals surface area contributed by atoms with E-state index in [0.717, 1.165) is 44.8 Å². The van der Waals surface area contributed by atoms with E-state index in [2.05, 4.69) is 19.1 Å². The van der Waals surface area contributed by atoms with Gasteiger partial charge >= 0.3 is 0 Å². The minimum atomic E-state index is -0.276. The summed E-state index contributed by atoms with van der Waals surface area (Å²) in [5, 5.41) is 0. The SMILES string of the molecule is COC[C@]1(OC)CC[C@H]2[C@@H]3CCC4=CC(=O)CCC4=C3[C@@H](c3ccc(C=O)cc3)C[C@@]21C. The summed E-state index contributed by atoms with van der Waals surface area (Å²) in [6, 6.07) is 8.14. The molecular weight excluding hydrogens is 400 g/mol. The molecule has 170 valence electrons. The highest BCUT2D eigenvalue weighted by molar-refractivity contribution is 5.93. The second-order valence-corrected chi connectivity index (χ2v) is 10.5. The number of methoxy groups -OCH3 is 2. The number of benzene rings is 1. The molecule has 1 aromatic carbocycles. The van der Waals surface area contributed by atoms with Crippen LogP contribution in [0.3, 0.4) is 0 Å². The van der Waals surface area contributed by atoms with Gasteiger partial charge in [-0.1, -0.05) is 36.8 Å². The maximum atomic E-state index is 12.2. The van der Waals surface area contributed by atoms with E-state index < -0.39 is 0 Å². The Kier molecular flexibility index (Phi) is 5.50. The van der Waals surface area contributed by atoms with Crippen LogP contribution in [-0.4, -0.2) is 38.5 Å². The van der Waals surface area contributed by atoms with Gasteiger partial charge in [0, 0.05) is 37.5 Å². The molecule has 5 rings (SSSR count). The number of aldehydes is 1. The summed E-state index contributed by atoms with van der Waals surface area (Å²) in [7, 11) is 3.63. The van der Waals surface area contributed by atoms with Crippen molar-refractivity contribution in [2.45, 2.75) is 63.4 Å². The number of hydrogen-bond donors (Lipinski definition) is 0. The standard InChI is InChI=1S/C28H34O4/c1-27-15-24(19-6-4-18(16-29)5-7-19)26-22-11-9-21(30)14-20(22)8-10-23(26)25(27)12-13-28(27,32-3)17-31-2/h4-7,14,16,23-25H,8-13,15,17H2,1-3H3/t23-,24+,25-,27-,28+/m0/s1. The van der Waals surface area contributed by atoms with E-state index in [1.165, 1.54) is 16.7 Å². The Labute approximate surface area is 191 Å². The first-order valence-corrected chi connectivity index (χ1v) is 12.0. The van der Waals surface area contributed by atoms with Crippen LogP contribution >= 0.6 is 0 Å². The molecule has 4 aliphatic carbocycles. The lowest BCUT2D eigenvalue weighted by Crippen LogP contribution is -2.54. The van der Waals surface area contributed by atoms with E-state index >= 15 is 0 Å². The highest BCUT2D eigenvalue weighted by Gasteiger charge is 2.63. The number of carbonyl (C=O) groups excluding carboxylic acids is 2. The van der Waals surface area contributed by atoms with Gasteiger partial charge in [0.25, 0.3) is 0 Å². The predicted octanol–water partition coefficient (Wildman–Crippen LogP) is 5.43. The Morgan fingerprint density at radius 1 is 1.09 bits per heavy atom. The zero-order valence-electron chi connectivity index (χ0n) is 19.5. The van der Waals surface area contributed by atoms with Crippen molar-refractivity contribution in [1.29, 1.82) is 0 Å². The molecular formula is C28H34O4. The van der Waals surface area contributed by atoms with Crippen LogP contribution in [0.1, 0.15) is 73.7 Å². The Morgan fingerprint density at radius 3 is 2.56 bits per heavy atom. The molecule has 1 aromatic rings. The van der Waals surface area contributed by atoms with Crippen LogP contribution in [-0.2, 0) is 14.3 Å². The molecule has 0 aliphatic heterocycles. The predicted molar refractivity (Wildman–Crippen MR) is 124 cm³/mol. The van der Waals surface area contributed by atoms with Gasteiger partial charge in [0.1, 0.15) is 6.29 Å². The maximum absolute atomic E-state index is 12.2. The third-order valence-corrected chi connectivity index (χ3v) is 9.27. The molecule has 0 amide bonds. The molecule has 0 heterocycles. The lowest BCUT2D eigenvalue weighted by Gasteiger charge is -2.55. The second-order valence-electron chi connectivity index (χ2n) is 10.5. The van der Waals surface area contributed by atoms with Gasteiger partial charge in [-0.2, -0.15) is 0 Å². The van der Waals surface area contributed by atoms with Crippen molar-refractivity contribution in [2.24, 2.45) is 17.3 Å². The Morgan fingerprint density at radius 2 is 1.88 bits per heavy atom. The molecule has 32 heavy (non-hydrogen) atoms. The summed E-state index contributed by atoms with van der Waals surface area (Å²) in [5.74, 6) is 1.62. The molecule has 5 atom stereocenters. The minimum Gasteiger partial charge on any atom is -0.382 e. The molecule has 4 heteroatoms. The van der Waals surface area contributed by atoms with Crippen molar-refractivity contribution in [1.82, 2.24) is 0 Å². The van der Waals surface area contributed by atoms with E-state index in [0.29, 0.717) is 30.4 Å².